The van der Waals surface area contributed by atoms with Gasteiger partial charge in [-0.05, 0) is 67.4 Å². The normalized spacial score (nSPS) is 17.6. The lowest BCUT2D eigenvalue weighted by atomic mass is 10.1. The maximum Gasteiger partial charge on any atom is 0.231 e. The van der Waals surface area contributed by atoms with Crippen LogP contribution < -0.4 is 14.8 Å². The summed E-state index contributed by atoms with van der Waals surface area (Å²) < 4.78 is 16.7. The minimum Gasteiger partial charge on any atom is -0.454 e. The molecule has 1 atom stereocenters. The Balaban J connectivity index is 1.50. The smallest absolute Gasteiger partial charge is 0.231 e. The highest BCUT2D eigenvalue weighted by atomic mass is 35.5. The topological polar surface area (TPSA) is 43.0 Å². The third-order valence-electron chi connectivity index (χ3n) is 4.97. The number of fused-ring (bicyclic) bond motifs is 1. The number of halogens is 1. The second-order valence-corrected chi connectivity index (χ2v) is 7.89. The third kappa shape index (κ3) is 4.51. The summed E-state index contributed by atoms with van der Waals surface area (Å²) in [5.41, 5.74) is 3.02. The van der Waals surface area contributed by atoms with E-state index in [1.54, 1.807) is 0 Å². The first-order valence-corrected chi connectivity index (χ1v) is 10.2. The molecule has 7 heteroatoms. The highest BCUT2D eigenvalue weighted by Crippen LogP contribution is 2.33. The number of nitrogens with zero attached hydrogens (tertiary/aromatic N) is 1. The van der Waals surface area contributed by atoms with E-state index in [0.29, 0.717) is 16.7 Å². The monoisotopic (exact) mass is 418 g/mol. The van der Waals surface area contributed by atoms with E-state index in [4.69, 9.17) is 38.0 Å². The van der Waals surface area contributed by atoms with Gasteiger partial charge in [-0.15, -0.1) is 0 Å². The van der Waals surface area contributed by atoms with Crippen LogP contribution in [0.4, 0.5) is 5.69 Å². The Morgan fingerprint density at radius 1 is 1.21 bits per heavy atom. The molecule has 2 aromatic carbocycles. The van der Waals surface area contributed by atoms with Crippen LogP contribution in [-0.4, -0.2) is 36.1 Å². The minimum absolute atomic E-state index is 0.190. The van der Waals surface area contributed by atoms with Crippen LogP contribution in [0.2, 0.25) is 5.02 Å². The van der Waals surface area contributed by atoms with Gasteiger partial charge >= 0.3 is 0 Å². The predicted molar refractivity (Wildman–Crippen MR) is 114 cm³/mol. The van der Waals surface area contributed by atoms with Crippen molar-refractivity contribution in [3.8, 4) is 11.5 Å². The molecule has 0 amide bonds. The molecule has 1 N–H and O–H groups in total. The quantitative estimate of drug-likeness (QED) is 0.706. The molecule has 5 nitrogen and oxygen atoms in total. The molecule has 1 saturated heterocycles. The van der Waals surface area contributed by atoms with E-state index in [-0.39, 0.29) is 12.9 Å². The Morgan fingerprint density at radius 3 is 2.86 bits per heavy atom. The second kappa shape index (κ2) is 8.55. The zero-order valence-electron chi connectivity index (χ0n) is 15.7. The Labute approximate surface area is 175 Å². The fraction of sp³-hybridized carbons (Fsp3) is 0.381. The summed E-state index contributed by atoms with van der Waals surface area (Å²) in [5, 5.41) is 4.68. The first kappa shape index (κ1) is 19.3. The molecule has 0 saturated carbocycles. The first-order valence-electron chi connectivity index (χ1n) is 9.41. The van der Waals surface area contributed by atoms with Crippen LogP contribution in [0.25, 0.3) is 0 Å². The number of ether oxygens (including phenoxy) is 3. The maximum atomic E-state index is 6.26. The van der Waals surface area contributed by atoms with Crippen molar-refractivity contribution in [2.45, 2.75) is 32.4 Å². The lowest BCUT2D eigenvalue weighted by Gasteiger charge is -2.28. The van der Waals surface area contributed by atoms with E-state index in [1.807, 2.05) is 43.3 Å². The molecule has 28 heavy (non-hydrogen) atoms. The van der Waals surface area contributed by atoms with Gasteiger partial charge in [-0.25, -0.2) is 0 Å². The maximum absolute atomic E-state index is 6.26. The zero-order chi connectivity index (χ0) is 19.5. The van der Waals surface area contributed by atoms with Gasteiger partial charge in [0.2, 0.25) is 6.79 Å². The third-order valence-corrected chi connectivity index (χ3v) is 5.74. The molecule has 0 aromatic heterocycles. The van der Waals surface area contributed by atoms with Gasteiger partial charge in [-0.2, -0.15) is 0 Å². The van der Waals surface area contributed by atoms with Crippen LogP contribution in [0.5, 0.6) is 11.5 Å². The van der Waals surface area contributed by atoms with Crippen LogP contribution in [0.1, 0.15) is 24.0 Å². The molecule has 1 fully saturated rings. The van der Waals surface area contributed by atoms with Crippen molar-refractivity contribution >= 4 is 34.6 Å². The van der Waals surface area contributed by atoms with Crippen molar-refractivity contribution in [3.05, 3.63) is 52.5 Å². The second-order valence-electron chi connectivity index (χ2n) is 7.10. The summed E-state index contributed by atoms with van der Waals surface area (Å²) in [6.45, 7) is 4.46. The number of thiocarbonyl (C=S) groups is 1. The molecule has 0 radical (unpaired) electrons. The van der Waals surface area contributed by atoms with Crippen LogP contribution in [0.15, 0.2) is 36.4 Å². The molecule has 2 aromatic rings. The summed E-state index contributed by atoms with van der Waals surface area (Å²) in [7, 11) is 0. The number of nitrogens with one attached hydrogen (secondary N) is 1. The van der Waals surface area contributed by atoms with E-state index < -0.39 is 0 Å². The SMILES string of the molecule is Cc1ccc(NC(=S)N(Cc2ccc3c(c2)OCO3)CC2CCCO2)cc1Cl. The Hall–Kier alpha value is -2.02. The summed E-state index contributed by atoms with van der Waals surface area (Å²) in [6, 6.07) is 11.9. The van der Waals surface area contributed by atoms with Gasteiger partial charge in [0.1, 0.15) is 0 Å². The molecule has 148 valence electrons. The van der Waals surface area contributed by atoms with Gasteiger partial charge in [-0.3, -0.25) is 0 Å². The van der Waals surface area contributed by atoms with Crippen molar-refractivity contribution in [3.63, 3.8) is 0 Å². The van der Waals surface area contributed by atoms with E-state index in [9.17, 15) is 0 Å². The molecule has 2 aliphatic rings. The Morgan fingerprint density at radius 2 is 2.07 bits per heavy atom. The highest BCUT2D eigenvalue weighted by Gasteiger charge is 2.22. The van der Waals surface area contributed by atoms with Gasteiger partial charge in [0.05, 0.1) is 6.10 Å². The van der Waals surface area contributed by atoms with Gasteiger partial charge in [0.25, 0.3) is 0 Å². The summed E-state index contributed by atoms with van der Waals surface area (Å²) in [6.07, 6.45) is 2.34. The van der Waals surface area contributed by atoms with E-state index in [1.165, 1.54) is 0 Å². The average molecular weight is 419 g/mol. The van der Waals surface area contributed by atoms with Gasteiger partial charge in [-0.1, -0.05) is 23.7 Å². The standard InChI is InChI=1S/C21H23ClN2O3S/c1-14-4-6-16(10-18(14)22)23-21(28)24(12-17-3-2-8-25-17)11-15-5-7-19-20(9-15)27-13-26-19/h4-7,9-10,17H,2-3,8,11-13H2,1H3,(H,23,28). The van der Waals surface area contributed by atoms with Crippen molar-refractivity contribution < 1.29 is 14.2 Å². The molecule has 2 aliphatic heterocycles. The zero-order valence-corrected chi connectivity index (χ0v) is 17.3. The van der Waals surface area contributed by atoms with Crippen molar-refractivity contribution in [1.29, 1.82) is 0 Å². The van der Waals surface area contributed by atoms with E-state index in [2.05, 4.69) is 10.2 Å². The van der Waals surface area contributed by atoms with Crippen LogP contribution >= 0.6 is 23.8 Å². The van der Waals surface area contributed by atoms with Gasteiger partial charge in [0, 0.05) is 30.4 Å². The summed E-state index contributed by atoms with van der Waals surface area (Å²) in [4.78, 5) is 2.14. The van der Waals surface area contributed by atoms with Gasteiger partial charge in [0.15, 0.2) is 16.6 Å². The van der Waals surface area contributed by atoms with Crippen molar-refractivity contribution in [1.82, 2.24) is 4.90 Å². The molecule has 0 bridgehead atoms. The fourth-order valence-electron chi connectivity index (χ4n) is 3.39. The lowest BCUT2D eigenvalue weighted by molar-refractivity contribution is 0.0905. The van der Waals surface area contributed by atoms with E-state index in [0.717, 1.165) is 54.3 Å². The van der Waals surface area contributed by atoms with E-state index >= 15 is 0 Å². The molecule has 2 heterocycles. The predicted octanol–water partition coefficient (Wildman–Crippen LogP) is 4.76. The summed E-state index contributed by atoms with van der Waals surface area (Å²) >= 11 is 12.0. The van der Waals surface area contributed by atoms with Gasteiger partial charge < -0.3 is 24.4 Å². The average Bonchev–Trinajstić information content (AvgIpc) is 3.35. The number of hydrogen-bond acceptors (Lipinski definition) is 4. The van der Waals surface area contributed by atoms with Crippen LogP contribution in [-0.2, 0) is 11.3 Å². The molecular formula is C21H23ClN2O3S. The highest BCUT2D eigenvalue weighted by molar-refractivity contribution is 7.80. The number of anilines is 1. The first-order chi connectivity index (χ1) is 13.6. The van der Waals surface area contributed by atoms with Crippen LogP contribution in [0, 0.1) is 6.92 Å². The Bertz CT molecular complexity index is 871. The number of hydrogen-bond donors (Lipinski definition) is 1. The fourth-order valence-corrected chi connectivity index (χ4v) is 3.82. The molecule has 1 unspecified atom stereocenters. The van der Waals surface area contributed by atoms with Crippen molar-refractivity contribution in [2.75, 3.05) is 25.3 Å². The molecule has 0 spiro atoms. The molecular weight excluding hydrogens is 396 g/mol. The Kier molecular flexibility index (Phi) is 5.90. The largest absolute Gasteiger partial charge is 0.454 e. The lowest BCUT2D eigenvalue weighted by Crippen LogP contribution is -2.39. The number of aryl methyl sites for hydroxylation is 1. The summed E-state index contributed by atoms with van der Waals surface area (Å²) in [5.74, 6) is 1.56. The molecule has 4 rings (SSSR count). The number of rotatable bonds is 5. The minimum atomic E-state index is 0.190. The number of benzene rings is 2. The molecule has 0 aliphatic carbocycles. The van der Waals surface area contributed by atoms with Crippen LogP contribution in [0.3, 0.4) is 0 Å². The van der Waals surface area contributed by atoms with Crippen molar-refractivity contribution in [2.24, 2.45) is 0 Å².